The van der Waals surface area contributed by atoms with Crippen LogP contribution in [0.25, 0.3) is 0 Å². The van der Waals surface area contributed by atoms with Crippen molar-refractivity contribution in [3.63, 3.8) is 0 Å². The first-order valence-corrected chi connectivity index (χ1v) is 10.3. The number of thioether (sulfide) groups is 1. The van der Waals surface area contributed by atoms with Crippen molar-refractivity contribution in [2.45, 2.75) is 45.3 Å². The van der Waals surface area contributed by atoms with Gasteiger partial charge >= 0.3 is 5.97 Å². The van der Waals surface area contributed by atoms with Crippen LogP contribution in [-0.2, 0) is 16.0 Å². The summed E-state index contributed by atoms with van der Waals surface area (Å²) < 4.78 is 0. The van der Waals surface area contributed by atoms with Gasteiger partial charge in [-0.25, -0.2) is 4.98 Å². The number of carbonyl (C=O) groups is 2. The standard InChI is InChI=1S/C19H24N2O3S2/c1-12-16(26-18(20-12)19(2,3)4)17(24)21-14-7-5-6-13(10-14)11-25-9-8-15(22)23/h5-7,10H,8-9,11H2,1-4H3,(H,21,24)(H,22,23). The molecule has 0 fully saturated rings. The van der Waals surface area contributed by atoms with E-state index in [1.165, 1.54) is 11.3 Å². The van der Waals surface area contributed by atoms with Crippen LogP contribution in [0.15, 0.2) is 24.3 Å². The highest BCUT2D eigenvalue weighted by Crippen LogP contribution is 2.29. The predicted octanol–water partition coefficient (Wildman–Crippen LogP) is 4.71. The van der Waals surface area contributed by atoms with Crippen LogP contribution in [0.2, 0.25) is 0 Å². The molecular weight excluding hydrogens is 368 g/mol. The number of carboxylic acids is 1. The minimum atomic E-state index is -0.784. The second-order valence-electron chi connectivity index (χ2n) is 7.03. The Morgan fingerprint density at radius 1 is 1.31 bits per heavy atom. The summed E-state index contributed by atoms with van der Waals surface area (Å²) in [5, 5.41) is 12.6. The zero-order valence-electron chi connectivity index (χ0n) is 15.5. The van der Waals surface area contributed by atoms with E-state index in [4.69, 9.17) is 5.11 Å². The monoisotopic (exact) mass is 392 g/mol. The zero-order chi connectivity index (χ0) is 19.3. The summed E-state index contributed by atoms with van der Waals surface area (Å²) in [5.41, 5.74) is 2.45. The summed E-state index contributed by atoms with van der Waals surface area (Å²) in [6.07, 6.45) is 0.155. The van der Waals surface area contributed by atoms with Gasteiger partial charge in [-0.05, 0) is 24.6 Å². The molecule has 0 aliphatic rings. The van der Waals surface area contributed by atoms with Crippen LogP contribution in [0, 0.1) is 6.92 Å². The highest BCUT2D eigenvalue weighted by molar-refractivity contribution is 7.98. The Morgan fingerprint density at radius 2 is 2.04 bits per heavy atom. The fourth-order valence-corrected chi connectivity index (χ4v) is 4.10. The second-order valence-corrected chi connectivity index (χ2v) is 9.14. The Morgan fingerprint density at radius 3 is 2.65 bits per heavy atom. The Bertz CT molecular complexity index is 794. The molecule has 26 heavy (non-hydrogen) atoms. The van der Waals surface area contributed by atoms with E-state index in [9.17, 15) is 9.59 Å². The molecule has 2 rings (SSSR count). The number of aromatic nitrogens is 1. The van der Waals surface area contributed by atoms with E-state index in [2.05, 4.69) is 31.1 Å². The van der Waals surface area contributed by atoms with E-state index in [1.54, 1.807) is 11.8 Å². The molecule has 1 amide bonds. The minimum Gasteiger partial charge on any atom is -0.481 e. The van der Waals surface area contributed by atoms with Gasteiger partial charge in [-0.2, -0.15) is 11.8 Å². The van der Waals surface area contributed by atoms with Gasteiger partial charge in [0.05, 0.1) is 17.1 Å². The Hall–Kier alpha value is -1.86. The smallest absolute Gasteiger partial charge is 0.304 e. The third-order valence-corrected chi connectivity index (χ3v) is 6.17. The molecule has 0 spiro atoms. The number of amides is 1. The third-order valence-electron chi connectivity index (χ3n) is 3.56. The second kappa shape index (κ2) is 8.68. The molecule has 0 aliphatic carbocycles. The SMILES string of the molecule is Cc1nc(C(C)(C)C)sc1C(=O)Nc1cccc(CSCCC(=O)O)c1. The molecule has 0 saturated carbocycles. The molecule has 140 valence electrons. The third kappa shape index (κ3) is 5.85. The molecular formula is C19H24N2O3S2. The van der Waals surface area contributed by atoms with Gasteiger partial charge in [0.1, 0.15) is 4.88 Å². The summed E-state index contributed by atoms with van der Waals surface area (Å²) >= 11 is 3.00. The van der Waals surface area contributed by atoms with Crippen molar-refractivity contribution in [3.8, 4) is 0 Å². The summed E-state index contributed by atoms with van der Waals surface area (Å²) in [6, 6.07) is 7.64. The van der Waals surface area contributed by atoms with Crippen molar-refractivity contribution in [2.75, 3.05) is 11.1 Å². The van der Waals surface area contributed by atoms with Crippen molar-refractivity contribution < 1.29 is 14.7 Å². The Balaban J connectivity index is 2.02. The van der Waals surface area contributed by atoms with Gasteiger partial charge in [-0.1, -0.05) is 32.9 Å². The lowest BCUT2D eigenvalue weighted by Gasteiger charge is -2.13. The van der Waals surface area contributed by atoms with Crippen LogP contribution in [0.5, 0.6) is 0 Å². The number of aryl methyl sites for hydroxylation is 1. The molecule has 7 heteroatoms. The molecule has 2 N–H and O–H groups in total. The number of carbonyl (C=O) groups excluding carboxylic acids is 1. The summed E-state index contributed by atoms with van der Waals surface area (Å²) in [4.78, 5) is 28.3. The molecule has 0 atom stereocenters. The van der Waals surface area contributed by atoms with Crippen LogP contribution < -0.4 is 5.32 Å². The molecule has 1 aromatic heterocycles. The molecule has 0 bridgehead atoms. The summed E-state index contributed by atoms with van der Waals surface area (Å²) in [6.45, 7) is 8.10. The molecule has 5 nitrogen and oxygen atoms in total. The first-order valence-electron chi connectivity index (χ1n) is 8.34. The highest BCUT2D eigenvalue weighted by Gasteiger charge is 2.23. The van der Waals surface area contributed by atoms with E-state index < -0.39 is 5.97 Å². The van der Waals surface area contributed by atoms with E-state index in [0.29, 0.717) is 16.4 Å². The normalized spacial score (nSPS) is 11.4. The van der Waals surface area contributed by atoms with Crippen LogP contribution in [-0.4, -0.2) is 27.7 Å². The lowest BCUT2D eigenvalue weighted by molar-refractivity contribution is -0.136. The van der Waals surface area contributed by atoms with E-state index in [-0.39, 0.29) is 17.7 Å². The van der Waals surface area contributed by atoms with Crippen LogP contribution >= 0.6 is 23.1 Å². The van der Waals surface area contributed by atoms with Crippen LogP contribution in [0.3, 0.4) is 0 Å². The number of hydrogen-bond donors (Lipinski definition) is 2. The number of carboxylic acid groups (broad SMARTS) is 1. The number of nitrogens with one attached hydrogen (secondary N) is 1. The molecule has 2 aromatic rings. The first kappa shape index (κ1) is 20.5. The molecule has 1 aromatic carbocycles. The quantitative estimate of drug-likeness (QED) is 0.667. The van der Waals surface area contributed by atoms with E-state index in [0.717, 1.165) is 22.0 Å². The molecule has 0 radical (unpaired) electrons. The largest absolute Gasteiger partial charge is 0.481 e. The van der Waals surface area contributed by atoms with Gasteiger partial charge in [0.15, 0.2) is 0 Å². The van der Waals surface area contributed by atoms with E-state index >= 15 is 0 Å². The number of nitrogens with zero attached hydrogens (tertiary/aromatic N) is 1. The van der Waals surface area contributed by atoms with Crippen LogP contribution in [0.4, 0.5) is 5.69 Å². The average molecular weight is 393 g/mol. The summed E-state index contributed by atoms with van der Waals surface area (Å²) in [5.74, 6) is 0.353. The summed E-state index contributed by atoms with van der Waals surface area (Å²) in [7, 11) is 0. The van der Waals surface area contributed by atoms with Crippen molar-refractivity contribution in [2.24, 2.45) is 0 Å². The predicted molar refractivity (Wildman–Crippen MR) is 108 cm³/mol. The fraction of sp³-hybridized carbons (Fsp3) is 0.421. The maximum absolute atomic E-state index is 12.6. The molecule has 0 aliphatic heterocycles. The number of benzene rings is 1. The Labute approximate surface area is 162 Å². The molecule has 0 saturated heterocycles. The van der Waals surface area contributed by atoms with Gasteiger partial charge in [0.2, 0.25) is 0 Å². The first-order chi connectivity index (χ1) is 12.2. The van der Waals surface area contributed by atoms with Gasteiger partial charge in [0.25, 0.3) is 5.91 Å². The van der Waals surface area contributed by atoms with Crippen LogP contribution in [0.1, 0.15) is 53.1 Å². The number of rotatable bonds is 7. The van der Waals surface area contributed by atoms with Crippen molar-refractivity contribution in [3.05, 3.63) is 45.4 Å². The maximum Gasteiger partial charge on any atom is 0.304 e. The zero-order valence-corrected chi connectivity index (χ0v) is 17.1. The number of anilines is 1. The fourth-order valence-electron chi connectivity index (χ4n) is 2.20. The topological polar surface area (TPSA) is 79.3 Å². The number of aliphatic carboxylic acids is 1. The van der Waals surface area contributed by atoms with Gasteiger partial charge in [-0.3, -0.25) is 9.59 Å². The van der Waals surface area contributed by atoms with Crippen molar-refractivity contribution in [1.29, 1.82) is 0 Å². The number of thiazole rings is 1. The minimum absolute atomic E-state index is 0.0823. The maximum atomic E-state index is 12.6. The van der Waals surface area contributed by atoms with E-state index in [1.807, 2.05) is 31.2 Å². The average Bonchev–Trinajstić information content (AvgIpc) is 2.94. The lowest BCUT2D eigenvalue weighted by atomic mass is 9.98. The molecule has 1 heterocycles. The number of hydrogen-bond acceptors (Lipinski definition) is 5. The Kier molecular flexibility index (Phi) is 6.83. The van der Waals surface area contributed by atoms with Gasteiger partial charge in [0, 0.05) is 22.6 Å². The van der Waals surface area contributed by atoms with Crippen molar-refractivity contribution >= 4 is 40.7 Å². The van der Waals surface area contributed by atoms with Gasteiger partial charge in [-0.15, -0.1) is 11.3 Å². The lowest BCUT2D eigenvalue weighted by Crippen LogP contribution is -2.11. The van der Waals surface area contributed by atoms with Gasteiger partial charge < -0.3 is 10.4 Å². The van der Waals surface area contributed by atoms with Crippen molar-refractivity contribution in [1.82, 2.24) is 4.98 Å². The molecule has 0 unspecified atom stereocenters. The highest BCUT2D eigenvalue weighted by atomic mass is 32.2.